The van der Waals surface area contributed by atoms with Crippen molar-refractivity contribution in [2.75, 3.05) is 0 Å². The fourth-order valence-electron chi connectivity index (χ4n) is 3.65. The van der Waals surface area contributed by atoms with Crippen molar-refractivity contribution in [1.29, 1.82) is 0 Å². The van der Waals surface area contributed by atoms with Gasteiger partial charge in [-0.15, -0.1) is 11.6 Å². The molecule has 0 aromatic heterocycles. The molecule has 0 N–H and O–H groups in total. The van der Waals surface area contributed by atoms with Crippen molar-refractivity contribution in [3.05, 3.63) is 60.2 Å². The molecule has 0 spiro atoms. The number of hydrogen-bond acceptors (Lipinski definition) is 3. The molecule has 0 bridgehead atoms. The van der Waals surface area contributed by atoms with Crippen molar-refractivity contribution in [3.8, 4) is 11.5 Å². The summed E-state index contributed by atoms with van der Waals surface area (Å²) in [6.07, 6.45) is 0.0816. The summed E-state index contributed by atoms with van der Waals surface area (Å²) in [5.41, 5.74) is 0.394. The molecule has 3 atom stereocenters. The van der Waals surface area contributed by atoms with Gasteiger partial charge in [0.05, 0.1) is 11.3 Å². The number of carbonyl (C=O) groups is 1. The number of benzene rings is 2. The number of carbonyl (C=O) groups excluding carboxylic acids is 1. The van der Waals surface area contributed by atoms with Crippen LogP contribution < -0.4 is 4.74 Å². The number of ether oxygens (including phenoxy) is 2. The Morgan fingerprint density at radius 3 is 2.45 bits per heavy atom. The van der Waals surface area contributed by atoms with E-state index in [1.54, 1.807) is 0 Å². The van der Waals surface area contributed by atoms with Gasteiger partial charge in [0.1, 0.15) is 18.1 Å². The van der Waals surface area contributed by atoms with Crippen molar-refractivity contribution in [2.24, 2.45) is 17.3 Å². The third-order valence-corrected chi connectivity index (χ3v) is 6.14. The Balaban J connectivity index is 1.56. The number of para-hydroxylation sites is 1. The quantitative estimate of drug-likeness (QED) is 0.362. The lowest BCUT2D eigenvalue weighted by Crippen LogP contribution is -2.26. The number of rotatable bonds is 8. The van der Waals surface area contributed by atoms with Gasteiger partial charge in [-0.1, -0.05) is 44.2 Å². The van der Waals surface area contributed by atoms with Crippen LogP contribution in [0.2, 0.25) is 0 Å². The van der Waals surface area contributed by atoms with Crippen molar-refractivity contribution in [3.63, 3.8) is 0 Å². The predicted molar refractivity (Wildman–Crippen MR) is 108 cm³/mol. The molecule has 1 aliphatic rings. The fourth-order valence-corrected chi connectivity index (χ4v) is 3.84. The lowest BCUT2D eigenvalue weighted by molar-refractivity contribution is -0.147. The van der Waals surface area contributed by atoms with Gasteiger partial charge in [0.15, 0.2) is 0 Å². The third kappa shape index (κ3) is 5.27. The zero-order chi connectivity index (χ0) is 21.2. The van der Waals surface area contributed by atoms with Crippen LogP contribution in [0.4, 0.5) is 8.78 Å². The van der Waals surface area contributed by atoms with E-state index in [1.807, 2.05) is 68.4 Å². The van der Waals surface area contributed by atoms with Gasteiger partial charge < -0.3 is 9.47 Å². The third-order valence-electron chi connectivity index (χ3n) is 5.57. The van der Waals surface area contributed by atoms with Crippen molar-refractivity contribution in [2.45, 2.75) is 45.1 Å². The van der Waals surface area contributed by atoms with Gasteiger partial charge in [0, 0.05) is 6.92 Å². The summed E-state index contributed by atoms with van der Waals surface area (Å²) in [6.45, 7) is 4.67. The molecule has 29 heavy (non-hydrogen) atoms. The summed E-state index contributed by atoms with van der Waals surface area (Å²) in [5.74, 6) is -2.63. The summed E-state index contributed by atoms with van der Waals surface area (Å²) < 4.78 is 38.0. The van der Waals surface area contributed by atoms with Gasteiger partial charge in [-0.25, -0.2) is 8.78 Å². The summed E-state index contributed by atoms with van der Waals surface area (Å²) in [4.78, 5) is 12.5. The molecule has 1 saturated carbocycles. The Kier molecular flexibility index (Phi) is 6.18. The summed E-state index contributed by atoms with van der Waals surface area (Å²) >= 11 is 5.83. The summed E-state index contributed by atoms with van der Waals surface area (Å²) in [5, 5.41) is -1.30. The first-order valence-electron chi connectivity index (χ1n) is 9.59. The van der Waals surface area contributed by atoms with Crippen LogP contribution in [0.1, 0.15) is 32.8 Å². The van der Waals surface area contributed by atoms with Gasteiger partial charge in [-0.05, 0) is 47.6 Å². The summed E-state index contributed by atoms with van der Waals surface area (Å²) in [7, 11) is 0. The lowest BCUT2D eigenvalue weighted by Gasteiger charge is -2.17. The lowest BCUT2D eigenvalue weighted by atomic mass is 10.0. The van der Waals surface area contributed by atoms with Gasteiger partial charge in [0.2, 0.25) is 0 Å². The van der Waals surface area contributed by atoms with E-state index in [4.69, 9.17) is 21.1 Å². The van der Waals surface area contributed by atoms with E-state index in [2.05, 4.69) is 0 Å². The standard InChI is InChI=1S/C23H25ClF2O3/c1-22(2)18(13-19(24)23(3,25)26)20(22)21(27)28-14-15-8-7-11-17(12-15)29-16-9-5-4-6-10-16/h4-12,18-20H,13-14H2,1-3H3. The molecule has 3 unspecified atom stereocenters. The van der Waals surface area contributed by atoms with Crippen LogP contribution in [0.3, 0.4) is 0 Å². The van der Waals surface area contributed by atoms with E-state index in [0.717, 1.165) is 12.5 Å². The smallest absolute Gasteiger partial charge is 0.310 e. The highest BCUT2D eigenvalue weighted by atomic mass is 35.5. The highest BCUT2D eigenvalue weighted by molar-refractivity contribution is 6.21. The van der Waals surface area contributed by atoms with Crippen LogP contribution in [0.25, 0.3) is 0 Å². The molecular weight excluding hydrogens is 398 g/mol. The fraction of sp³-hybridized carbons (Fsp3) is 0.435. The normalized spacial score (nSPS) is 21.3. The highest BCUT2D eigenvalue weighted by Crippen LogP contribution is 2.61. The van der Waals surface area contributed by atoms with E-state index in [0.29, 0.717) is 11.5 Å². The maximum absolute atomic E-state index is 13.4. The van der Waals surface area contributed by atoms with Gasteiger partial charge in [-0.3, -0.25) is 4.79 Å². The molecule has 0 aliphatic heterocycles. The van der Waals surface area contributed by atoms with Crippen molar-refractivity contribution in [1.82, 2.24) is 0 Å². The zero-order valence-electron chi connectivity index (χ0n) is 16.7. The molecule has 0 heterocycles. The predicted octanol–water partition coefficient (Wildman–Crippen LogP) is 6.45. The Morgan fingerprint density at radius 1 is 1.14 bits per heavy atom. The number of alkyl halides is 3. The molecule has 0 radical (unpaired) electrons. The Bertz CT molecular complexity index is 849. The molecule has 0 saturated heterocycles. The first-order chi connectivity index (χ1) is 13.6. The first-order valence-corrected chi connectivity index (χ1v) is 10.0. The van der Waals surface area contributed by atoms with E-state index in [1.165, 1.54) is 0 Å². The minimum Gasteiger partial charge on any atom is -0.461 e. The molecule has 1 fully saturated rings. The minimum absolute atomic E-state index is 0.0816. The second-order valence-electron chi connectivity index (χ2n) is 8.24. The molecule has 3 rings (SSSR count). The Labute approximate surface area is 175 Å². The first kappa shape index (κ1) is 21.6. The van der Waals surface area contributed by atoms with E-state index < -0.39 is 22.6 Å². The van der Waals surface area contributed by atoms with Crippen LogP contribution in [-0.4, -0.2) is 17.3 Å². The zero-order valence-corrected chi connectivity index (χ0v) is 17.5. The molecule has 3 nitrogen and oxygen atoms in total. The number of hydrogen-bond donors (Lipinski definition) is 0. The van der Waals surface area contributed by atoms with E-state index in [-0.39, 0.29) is 24.9 Å². The molecule has 156 valence electrons. The largest absolute Gasteiger partial charge is 0.461 e. The van der Waals surface area contributed by atoms with Crippen LogP contribution in [0.15, 0.2) is 54.6 Å². The monoisotopic (exact) mass is 422 g/mol. The molecule has 1 aliphatic carbocycles. The van der Waals surface area contributed by atoms with Crippen LogP contribution >= 0.6 is 11.6 Å². The molecule has 6 heteroatoms. The molecule has 2 aromatic rings. The van der Waals surface area contributed by atoms with E-state index in [9.17, 15) is 13.6 Å². The van der Waals surface area contributed by atoms with E-state index >= 15 is 0 Å². The second kappa shape index (κ2) is 8.31. The summed E-state index contributed by atoms with van der Waals surface area (Å²) in [6, 6.07) is 16.7. The van der Waals surface area contributed by atoms with Crippen LogP contribution in [0, 0.1) is 17.3 Å². The molecular formula is C23H25ClF2O3. The van der Waals surface area contributed by atoms with Gasteiger partial charge in [-0.2, -0.15) is 0 Å². The average Bonchev–Trinajstić information content (AvgIpc) is 3.20. The van der Waals surface area contributed by atoms with Crippen LogP contribution in [0.5, 0.6) is 11.5 Å². The van der Waals surface area contributed by atoms with Crippen molar-refractivity contribution >= 4 is 17.6 Å². The topological polar surface area (TPSA) is 35.5 Å². The number of halogens is 3. The number of esters is 1. The molecule has 2 aromatic carbocycles. The minimum atomic E-state index is -2.98. The highest BCUT2D eigenvalue weighted by Gasteiger charge is 2.63. The maximum Gasteiger partial charge on any atom is 0.310 e. The van der Waals surface area contributed by atoms with Gasteiger partial charge >= 0.3 is 5.97 Å². The van der Waals surface area contributed by atoms with Gasteiger partial charge in [0.25, 0.3) is 5.92 Å². The Morgan fingerprint density at radius 2 is 1.79 bits per heavy atom. The Hall–Kier alpha value is -2.14. The van der Waals surface area contributed by atoms with Crippen molar-refractivity contribution < 1.29 is 23.0 Å². The maximum atomic E-state index is 13.4. The van der Waals surface area contributed by atoms with Crippen LogP contribution in [-0.2, 0) is 16.1 Å². The second-order valence-corrected chi connectivity index (χ2v) is 8.76. The molecule has 0 amide bonds. The SMILES string of the molecule is CC(F)(F)C(Cl)CC1C(C(=O)OCc2cccc(Oc3ccccc3)c2)C1(C)C. The average molecular weight is 423 g/mol.